The van der Waals surface area contributed by atoms with E-state index in [0.29, 0.717) is 19.7 Å². The van der Waals surface area contributed by atoms with Crippen LogP contribution in [-0.4, -0.2) is 36.5 Å². The number of likely N-dealkylation sites (tertiary alicyclic amines) is 1. The van der Waals surface area contributed by atoms with E-state index >= 15 is 0 Å². The third-order valence-corrected chi connectivity index (χ3v) is 2.53. The average molecular weight is 211 g/mol. The van der Waals surface area contributed by atoms with E-state index in [9.17, 15) is 9.59 Å². The Bertz CT molecular complexity index is 263. The minimum Gasteiger partial charge on any atom is -0.466 e. The summed E-state index contributed by atoms with van der Waals surface area (Å²) in [4.78, 5) is 24.5. The van der Waals surface area contributed by atoms with Gasteiger partial charge in [-0.25, -0.2) is 0 Å². The lowest BCUT2D eigenvalue weighted by atomic mass is 9.98. The summed E-state index contributed by atoms with van der Waals surface area (Å²) in [6.07, 6.45) is 2.94. The van der Waals surface area contributed by atoms with Crippen molar-refractivity contribution in [2.24, 2.45) is 5.92 Å². The van der Waals surface area contributed by atoms with Crippen LogP contribution in [0.15, 0.2) is 12.7 Å². The highest BCUT2D eigenvalue weighted by Gasteiger charge is 2.28. The topological polar surface area (TPSA) is 46.6 Å². The first kappa shape index (κ1) is 11.8. The second kappa shape index (κ2) is 5.53. The van der Waals surface area contributed by atoms with E-state index in [1.54, 1.807) is 11.8 Å². The first-order valence-electron chi connectivity index (χ1n) is 5.27. The van der Waals surface area contributed by atoms with Crippen molar-refractivity contribution in [3.63, 3.8) is 0 Å². The molecule has 1 amide bonds. The van der Waals surface area contributed by atoms with Crippen molar-refractivity contribution >= 4 is 11.9 Å². The predicted molar refractivity (Wildman–Crippen MR) is 56.1 cm³/mol. The summed E-state index contributed by atoms with van der Waals surface area (Å²) in [6, 6.07) is 0. The Morgan fingerprint density at radius 1 is 1.60 bits per heavy atom. The van der Waals surface area contributed by atoms with Crippen LogP contribution in [0.4, 0.5) is 0 Å². The zero-order chi connectivity index (χ0) is 11.3. The van der Waals surface area contributed by atoms with Crippen LogP contribution < -0.4 is 0 Å². The number of hydrogen-bond donors (Lipinski definition) is 0. The van der Waals surface area contributed by atoms with Crippen LogP contribution in [0.3, 0.4) is 0 Å². The molecule has 1 fully saturated rings. The van der Waals surface area contributed by atoms with Crippen LogP contribution in [-0.2, 0) is 14.3 Å². The fourth-order valence-corrected chi connectivity index (χ4v) is 1.76. The van der Waals surface area contributed by atoms with Gasteiger partial charge in [0, 0.05) is 13.1 Å². The second-order valence-electron chi connectivity index (χ2n) is 3.58. The largest absolute Gasteiger partial charge is 0.466 e. The van der Waals surface area contributed by atoms with E-state index in [1.807, 2.05) is 0 Å². The Morgan fingerprint density at radius 3 is 2.93 bits per heavy atom. The standard InChI is InChI=1S/C11H17NO3/c1-3-10(13)12-7-5-6-9(8-12)11(14)15-4-2/h3,9H,1,4-8H2,2H3. The maximum absolute atomic E-state index is 11.5. The maximum atomic E-state index is 11.5. The van der Waals surface area contributed by atoms with Crippen LogP contribution in [0.2, 0.25) is 0 Å². The van der Waals surface area contributed by atoms with E-state index < -0.39 is 0 Å². The lowest BCUT2D eigenvalue weighted by molar-refractivity contribution is -0.150. The van der Waals surface area contributed by atoms with Gasteiger partial charge in [-0.15, -0.1) is 0 Å². The summed E-state index contributed by atoms with van der Waals surface area (Å²) >= 11 is 0. The van der Waals surface area contributed by atoms with Crippen molar-refractivity contribution in [3.05, 3.63) is 12.7 Å². The summed E-state index contributed by atoms with van der Waals surface area (Å²) < 4.78 is 4.94. The predicted octanol–water partition coefficient (Wildman–Crippen LogP) is 0.974. The molecule has 0 aliphatic carbocycles. The number of amides is 1. The number of carbonyl (C=O) groups is 2. The molecule has 15 heavy (non-hydrogen) atoms. The highest BCUT2D eigenvalue weighted by molar-refractivity contribution is 5.87. The Labute approximate surface area is 89.9 Å². The molecule has 1 aliphatic heterocycles. The lowest BCUT2D eigenvalue weighted by Crippen LogP contribution is -2.42. The van der Waals surface area contributed by atoms with Gasteiger partial charge in [0.05, 0.1) is 12.5 Å². The van der Waals surface area contributed by atoms with E-state index in [-0.39, 0.29) is 17.8 Å². The molecule has 0 radical (unpaired) electrons. The minimum absolute atomic E-state index is 0.107. The molecule has 1 atom stereocenters. The van der Waals surface area contributed by atoms with Crippen LogP contribution >= 0.6 is 0 Å². The summed E-state index contributed by atoms with van der Waals surface area (Å²) in [5.41, 5.74) is 0. The van der Waals surface area contributed by atoms with Gasteiger partial charge in [0.15, 0.2) is 0 Å². The molecule has 0 N–H and O–H groups in total. The van der Waals surface area contributed by atoms with Crippen LogP contribution in [0.1, 0.15) is 19.8 Å². The van der Waals surface area contributed by atoms with E-state index in [4.69, 9.17) is 4.74 Å². The van der Waals surface area contributed by atoms with Crippen molar-refractivity contribution in [3.8, 4) is 0 Å². The number of rotatable bonds is 3. The molecule has 1 heterocycles. The van der Waals surface area contributed by atoms with Crippen molar-refractivity contribution < 1.29 is 14.3 Å². The fourth-order valence-electron chi connectivity index (χ4n) is 1.76. The van der Waals surface area contributed by atoms with E-state index in [1.165, 1.54) is 6.08 Å². The van der Waals surface area contributed by atoms with E-state index in [0.717, 1.165) is 12.8 Å². The van der Waals surface area contributed by atoms with Crippen LogP contribution in [0.25, 0.3) is 0 Å². The molecule has 4 heteroatoms. The highest BCUT2D eigenvalue weighted by Crippen LogP contribution is 2.17. The number of ether oxygens (including phenoxy) is 1. The third-order valence-electron chi connectivity index (χ3n) is 2.53. The molecule has 0 aromatic heterocycles. The zero-order valence-electron chi connectivity index (χ0n) is 9.07. The first-order chi connectivity index (χ1) is 7.19. The SMILES string of the molecule is C=CC(=O)N1CCCC(C(=O)OCC)C1. The summed E-state index contributed by atoms with van der Waals surface area (Å²) in [7, 11) is 0. The molecule has 1 rings (SSSR count). The quantitative estimate of drug-likeness (QED) is 0.516. The molecule has 0 spiro atoms. The minimum atomic E-state index is -0.195. The summed E-state index contributed by atoms with van der Waals surface area (Å²) in [6.45, 7) is 6.78. The summed E-state index contributed by atoms with van der Waals surface area (Å²) in [5, 5.41) is 0. The lowest BCUT2D eigenvalue weighted by Gasteiger charge is -2.30. The number of piperidine rings is 1. The van der Waals surface area contributed by atoms with Crippen LogP contribution in [0.5, 0.6) is 0 Å². The Kier molecular flexibility index (Phi) is 4.34. The average Bonchev–Trinajstić information content (AvgIpc) is 2.28. The first-order valence-corrected chi connectivity index (χ1v) is 5.27. The van der Waals surface area contributed by atoms with Crippen molar-refractivity contribution in [2.45, 2.75) is 19.8 Å². The van der Waals surface area contributed by atoms with Crippen LogP contribution in [0, 0.1) is 5.92 Å². The number of esters is 1. The maximum Gasteiger partial charge on any atom is 0.310 e. The Balaban J connectivity index is 2.52. The van der Waals surface area contributed by atoms with Crippen molar-refractivity contribution in [2.75, 3.05) is 19.7 Å². The Morgan fingerprint density at radius 2 is 2.33 bits per heavy atom. The smallest absolute Gasteiger partial charge is 0.310 e. The molecule has 0 aromatic rings. The molecule has 0 bridgehead atoms. The van der Waals surface area contributed by atoms with Gasteiger partial charge in [0.2, 0.25) is 5.91 Å². The van der Waals surface area contributed by atoms with Gasteiger partial charge >= 0.3 is 5.97 Å². The second-order valence-corrected chi connectivity index (χ2v) is 3.58. The molecule has 4 nitrogen and oxygen atoms in total. The highest BCUT2D eigenvalue weighted by atomic mass is 16.5. The van der Waals surface area contributed by atoms with Gasteiger partial charge < -0.3 is 9.64 Å². The normalized spacial score (nSPS) is 20.9. The summed E-state index contributed by atoms with van der Waals surface area (Å²) in [5.74, 6) is -0.467. The molecule has 1 aliphatic rings. The number of hydrogen-bond acceptors (Lipinski definition) is 3. The third kappa shape index (κ3) is 3.08. The van der Waals surface area contributed by atoms with Crippen molar-refractivity contribution in [1.29, 1.82) is 0 Å². The molecule has 1 unspecified atom stereocenters. The molecule has 0 aromatic carbocycles. The van der Waals surface area contributed by atoms with Gasteiger partial charge in [-0.05, 0) is 25.8 Å². The van der Waals surface area contributed by atoms with Gasteiger partial charge in [-0.1, -0.05) is 6.58 Å². The van der Waals surface area contributed by atoms with Gasteiger partial charge in [-0.3, -0.25) is 9.59 Å². The molecule has 0 saturated carbocycles. The van der Waals surface area contributed by atoms with Gasteiger partial charge in [0.25, 0.3) is 0 Å². The Hall–Kier alpha value is -1.32. The van der Waals surface area contributed by atoms with Gasteiger partial charge in [-0.2, -0.15) is 0 Å². The fraction of sp³-hybridized carbons (Fsp3) is 0.636. The van der Waals surface area contributed by atoms with Gasteiger partial charge in [0.1, 0.15) is 0 Å². The van der Waals surface area contributed by atoms with Crippen molar-refractivity contribution in [1.82, 2.24) is 4.90 Å². The molecule has 1 saturated heterocycles. The molecular weight excluding hydrogens is 194 g/mol. The number of carbonyl (C=O) groups excluding carboxylic acids is 2. The monoisotopic (exact) mass is 211 g/mol. The van der Waals surface area contributed by atoms with E-state index in [2.05, 4.69) is 6.58 Å². The zero-order valence-corrected chi connectivity index (χ0v) is 9.07. The molecule has 84 valence electrons. The molecular formula is C11H17NO3. The number of nitrogens with zero attached hydrogens (tertiary/aromatic N) is 1.